The Morgan fingerprint density at radius 1 is 1.25 bits per heavy atom. The van der Waals surface area contributed by atoms with E-state index in [2.05, 4.69) is 19.2 Å². The third-order valence-electron chi connectivity index (χ3n) is 3.17. The number of nitrogens with two attached hydrogens (primary N) is 1. The molecule has 4 nitrogen and oxygen atoms in total. The first-order valence-electron chi connectivity index (χ1n) is 6.97. The van der Waals surface area contributed by atoms with Crippen LogP contribution in [0.1, 0.15) is 46.0 Å². The predicted molar refractivity (Wildman–Crippen MR) is 79.6 cm³/mol. The summed E-state index contributed by atoms with van der Waals surface area (Å²) in [7, 11) is -3.86. The molecule has 0 aliphatic carbocycles. The van der Waals surface area contributed by atoms with Gasteiger partial charge >= 0.3 is 0 Å². The fourth-order valence-corrected chi connectivity index (χ4v) is 2.62. The number of primary sulfonamides is 1. The summed E-state index contributed by atoms with van der Waals surface area (Å²) < 4.78 is 36.2. The zero-order valence-corrected chi connectivity index (χ0v) is 12.8. The molecule has 0 amide bonds. The Morgan fingerprint density at radius 3 is 2.45 bits per heavy atom. The Balaban J connectivity index is 2.85. The summed E-state index contributed by atoms with van der Waals surface area (Å²) >= 11 is 0. The number of rotatable bonds is 8. The van der Waals surface area contributed by atoms with E-state index in [0.717, 1.165) is 38.2 Å². The normalized spacial score (nSPS) is 13.2. The van der Waals surface area contributed by atoms with Crippen LogP contribution in [0.4, 0.5) is 10.1 Å². The number of hydrogen-bond acceptors (Lipinski definition) is 3. The number of hydrogen-bond donors (Lipinski definition) is 2. The quantitative estimate of drug-likeness (QED) is 0.774. The van der Waals surface area contributed by atoms with Gasteiger partial charge < -0.3 is 5.32 Å². The highest BCUT2D eigenvalue weighted by Gasteiger charge is 2.14. The van der Waals surface area contributed by atoms with Crippen LogP contribution in [0.25, 0.3) is 0 Å². The molecule has 114 valence electrons. The van der Waals surface area contributed by atoms with E-state index >= 15 is 0 Å². The van der Waals surface area contributed by atoms with E-state index in [9.17, 15) is 12.8 Å². The second kappa shape index (κ2) is 7.59. The van der Waals surface area contributed by atoms with Crippen LogP contribution < -0.4 is 10.5 Å². The minimum atomic E-state index is -3.86. The van der Waals surface area contributed by atoms with Crippen molar-refractivity contribution in [2.24, 2.45) is 5.14 Å². The predicted octanol–water partition coefficient (Wildman–Crippen LogP) is 3.24. The van der Waals surface area contributed by atoms with Gasteiger partial charge in [-0.05, 0) is 31.0 Å². The van der Waals surface area contributed by atoms with Crippen molar-refractivity contribution in [1.29, 1.82) is 0 Å². The maximum Gasteiger partial charge on any atom is 0.238 e. The Morgan fingerprint density at radius 2 is 1.95 bits per heavy atom. The van der Waals surface area contributed by atoms with E-state index in [4.69, 9.17) is 5.14 Å². The van der Waals surface area contributed by atoms with E-state index in [-0.39, 0.29) is 10.9 Å². The van der Waals surface area contributed by atoms with Gasteiger partial charge in [-0.25, -0.2) is 17.9 Å². The molecule has 0 bridgehead atoms. The Bertz CT molecular complexity index is 532. The fraction of sp³-hybridized carbons (Fsp3) is 0.571. The summed E-state index contributed by atoms with van der Waals surface area (Å²) in [4.78, 5) is -0.207. The third-order valence-corrected chi connectivity index (χ3v) is 4.08. The number of sulfonamides is 1. The second-order valence-corrected chi connectivity index (χ2v) is 6.52. The summed E-state index contributed by atoms with van der Waals surface area (Å²) in [6.07, 6.45) is 5.11. The Hall–Kier alpha value is -1.14. The molecule has 1 rings (SSSR count). The van der Waals surface area contributed by atoms with Crippen LogP contribution in [0.2, 0.25) is 0 Å². The molecule has 3 N–H and O–H groups in total. The summed E-state index contributed by atoms with van der Waals surface area (Å²) in [5.41, 5.74) is 0.326. The van der Waals surface area contributed by atoms with Crippen molar-refractivity contribution in [2.45, 2.75) is 56.9 Å². The van der Waals surface area contributed by atoms with Gasteiger partial charge in [0, 0.05) is 6.04 Å². The molecule has 0 aliphatic heterocycles. The largest absolute Gasteiger partial charge is 0.380 e. The SMILES string of the molecule is CCCCC(CCC)Nc1ccc(S(N)(=O)=O)cc1F. The molecule has 0 spiro atoms. The van der Waals surface area contributed by atoms with Gasteiger partial charge in [0.1, 0.15) is 5.82 Å². The van der Waals surface area contributed by atoms with Gasteiger partial charge in [-0.3, -0.25) is 0 Å². The van der Waals surface area contributed by atoms with Crippen molar-refractivity contribution in [3.63, 3.8) is 0 Å². The molecule has 0 fully saturated rings. The van der Waals surface area contributed by atoms with Crippen molar-refractivity contribution in [2.75, 3.05) is 5.32 Å². The maximum absolute atomic E-state index is 13.9. The highest BCUT2D eigenvalue weighted by atomic mass is 32.2. The van der Waals surface area contributed by atoms with E-state index in [1.54, 1.807) is 0 Å². The van der Waals surface area contributed by atoms with E-state index < -0.39 is 15.8 Å². The molecule has 1 aromatic carbocycles. The van der Waals surface area contributed by atoms with Crippen LogP contribution in [0.5, 0.6) is 0 Å². The third kappa shape index (κ3) is 5.09. The molecule has 0 radical (unpaired) electrons. The molecule has 0 heterocycles. The molecule has 0 saturated heterocycles. The maximum atomic E-state index is 13.9. The molecular formula is C14H23FN2O2S. The Labute approximate surface area is 120 Å². The number of nitrogens with one attached hydrogen (secondary N) is 1. The molecule has 6 heteroatoms. The van der Waals surface area contributed by atoms with Crippen LogP contribution in [0.3, 0.4) is 0 Å². The van der Waals surface area contributed by atoms with Gasteiger partial charge in [-0.2, -0.15) is 0 Å². The van der Waals surface area contributed by atoms with Crippen molar-refractivity contribution in [1.82, 2.24) is 0 Å². The van der Waals surface area contributed by atoms with Crippen molar-refractivity contribution >= 4 is 15.7 Å². The monoisotopic (exact) mass is 302 g/mol. The van der Waals surface area contributed by atoms with Gasteiger partial charge in [-0.15, -0.1) is 0 Å². The summed E-state index contributed by atoms with van der Waals surface area (Å²) in [6, 6.07) is 3.92. The second-order valence-electron chi connectivity index (χ2n) is 4.96. The van der Waals surface area contributed by atoms with E-state index in [1.165, 1.54) is 12.1 Å². The highest BCUT2D eigenvalue weighted by molar-refractivity contribution is 7.89. The lowest BCUT2D eigenvalue weighted by Crippen LogP contribution is -2.20. The zero-order chi connectivity index (χ0) is 15.2. The average molecular weight is 302 g/mol. The molecule has 0 saturated carbocycles. The summed E-state index contributed by atoms with van der Waals surface area (Å²) in [6.45, 7) is 4.20. The summed E-state index contributed by atoms with van der Waals surface area (Å²) in [5.74, 6) is -0.589. The van der Waals surface area contributed by atoms with Gasteiger partial charge in [0.05, 0.1) is 10.6 Å². The van der Waals surface area contributed by atoms with Gasteiger partial charge in [-0.1, -0.05) is 33.1 Å². The highest BCUT2D eigenvalue weighted by Crippen LogP contribution is 2.21. The first-order chi connectivity index (χ1) is 9.38. The van der Waals surface area contributed by atoms with Gasteiger partial charge in [0.15, 0.2) is 0 Å². The zero-order valence-electron chi connectivity index (χ0n) is 12.0. The average Bonchev–Trinajstić information content (AvgIpc) is 2.37. The molecule has 20 heavy (non-hydrogen) atoms. The first kappa shape index (κ1) is 16.9. The molecule has 1 aromatic rings. The minimum Gasteiger partial charge on any atom is -0.380 e. The number of unbranched alkanes of at least 4 members (excludes halogenated alkanes) is 1. The number of halogens is 1. The lowest BCUT2D eigenvalue weighted by atomic mass is 10.0. The molecule has 1 unspecified atom stereocenters. The van der Waals surface area contributed by atoms with E-state index in [0.29, 0.717) is 5.69 Å². The number of anilines is 1. The Kier molecular flexibility index (Phi) is 6.42. The van der Waals surface area contributed by atoms with Gasteiger partial charge in [0.2, 0.25) is 10.0 Å². The smallest absolute Gasteiger partial charge is 0.238 e. The van der Waals surface area contributed by atoms with Crippen LogP contribution in [-0.2, 0) is 10.0 Å². The van der Waals surface area contributed by atoms with Crippen LogP contribution >= 0.6 is 0 Å². The minimum absolute atomic E-state index is 0.204. The van der Waals surface area contributed by atoms with Crippen LogP contribution in [-0.4, -0.2) is 14.5 Å². The molecule has 0 aromatic heterocycles. The molecular weight excluding hydrogens is 279 g/mol. The topological polar surface area (TPSA) is 72.2 Å². The van der Waals surface area contributed by atoms with E-state index in [1.807, 2.05) is 0 Å². The first-order valence-corrected chi connectivity index (χ1v) is 8.52. The van der Waals surface area contributed by atoms with Gasteiger partial charge in [0.25, 0.3) is 0 Å². The standard InChI is InChI=1S/C14H23FN2O2S/c1-3-5-7-11(6-4-2)17-14-9-8-12(10-13(14)15)20(16,18)19/h8-11,17H,3-7H2,1-2H3,(H2,16,18,19). The van der Waals surface area contributed by atoms with Crippen molar-refractivity contribution < 1.29 is 12.8 Å². The van der Waals surface area contributed by atoms with Crippen LogP contribution in [0, 0.1) is 5.82 Å². The number of benzene rings is 1. The molecule has 1 atom stereocenters. The molecule has 0 aliphatic rings. The lowest BCUT2D eigenvalue weighted by molar-refractivity contribution is 0.555. The van der Waals surface area contributed by atoms with Crippen LogP contribution in [0.15, 0.2) is 23.1 Å². The lowest BCUT2D eigenvalue weighted by Gasteiger charge is -2.19. The summed E-state index contributed by atoms with van der Waals surface area (Å²) in [5, 5.41) is 8.13. The van der Waals surface area contributed by atoms with Crippen molar-refractivity contribution in [3.8, 4) is 0 Å². The van der Waals surface area contributed by atoms with Crippen molar-refractivity contribution in [3.05, 3.63) is 24.0 Å². The fourth-order valence-electron chi connectivity index (χ4n) is 2.10.